The number of nitrogens with zero attached hydrogens (tertiary/aromatic N) is 2. The van der Waals surface area contributed by atoms with E-state index in [0.29, 0.717) is 11.5 Å². The van der Waals surface area contributed by atoms with Crippen LogP contribution in [0.25, 0.3) is 0 Å². The molecule has 4 N–H and O–H groups in total. The quantitative estimate of drug-likeness (QED) is 0.618. The molecule has 3 amide bonds. The van der Waals surface area contributed by atoms with Gasteiger partial charge in [-0.2, -0.15) is 5.10 Å². The van der Waals surface area contributed by atoms with Crippen molar-refractivity contribution in [3.05, 3.63) is 41.1 Å². The van der Waals surface area contributed by atoms with Crippen molar-refractivity contribution >= 4 is 23.4 Å². The Morgan fingerprint density at radius 1 is 1.10 bits per heavy atom. The number of aromatic nitrogens is 2. The first-order chi connectivity index (χ1) is 14.0. The van der Waals surface area contributed by atoms with Crippen LogP contribution in [0.15, 0.2) is 24.3 Å². The van der Waals surface area contributed by atoms with Crippen molar-refractivity contribution < 1.29 is 9.59 Å². The van der Waals surface area contributed by atoms with Crippen LogP contribution in [0, 0.1) is 19.8 Å². The fraction of sp³-hybridized carbons (Fsp3) is 0.500. The molecule has 1 aromatic heterocycles. The summed E-state index contributed by atoms with van der Waals surface area (Å²) in [5, 5.41) is 16.7. The van der Waals surface area contributed by atoms with Gasteiger partial charge >= 0.3 is 6.03 Å². The molecule has 0 radical (unpaired) electrons. The molecule has 8 nitrogen and oxygen atoms in total. The first kappa shape index (κ1) is 21.8. The van der Waals surface area contributed by atoms with E-state index < -0.39 is 6.29 Å². The monoisotopic (exact) mass is 412 g/mol. The van der Waals surface area contributed by atoms with Crippen LogP contribution in [0.5, 0.6) is 0 Å². The highest BCUT2D eigenvalue weighted by atomic mass is 16.2. The molecule has 1 saturated heterocycles. The number of anilines is 2. The highest BCUT2D eigenvalue weighted by molar-refractivity contribution is 5.99. The van der Waals surface area contributed by atoms with Gasteiger partial charge in [-0.15, -0.1) is 0 Å². The second-order valence-electron chi connectivity index (χ2n) is 9.14. The Morgan fingerprint density at radius 3 is 2.40 bits per heavy atom. The summed E-state index contributed by atoms with van der Waals surface area (Å²) >= 11 is 0. The molecule has 0 aliphatic carbocycles. The predicted octanol–water partition coefficient (Wildman–Crippen LogP) is 3.64. The van der Waals surface area contributed by atoms with E-state index in [1.807, 2.05) is 52.0 Å². The van der Waals surface area contributed by atoms with Crippen LogP contribution in [0.4, 0.5) is 16.3 Å². The van der Waals surface area contributed by atoms with E-state index in [2.05, 4.69) is 47.1 Å². The average Bonchev–Trinajstić information content (AvgIpc) is 3.06. The van der Waals surface area contributed by atoms with Crippen LogP contribution in [-0.2, 0) is 10.2 Å². The number of carbonyl (C=O) groups is 2. The molecule has 162 valence electrons. The van der Waals surface area contributed by atoms with Gasteiger partial charge in [0.15, 0.2) is 6.29 Å². The molecule has 30 heavy (non-hydrogen) atoms. The van der Waals surface area contributed by atoms with E-state index in [4.69, 9.17) is 0 Å². The molecule has 1 aromatic carbocycles. The standard InChI is InChI=1S/C22H32N6O2/c1-12-8-9-16(10-13(12)2)24-21(30)25-18-11-17(22(5,6)7)27-28(18)20-23-15(4)14(3)19(29)26-20/h8-11,14-15,20,23H,1-7H3,(H,26,29)(H2,24,25,30). The van der Waals surface area contributed by atoms with E-state index in [-0.39, 0.29) is 29.3 Å². The van der Waals surface area contributed by atoms with Crippen molar-refractivity contribution in [2.24, 2.45) is 5.92 Å². The normalized spacial score (nSPS) is 21.8. The van der Waals surface area contributed by atoms with E-state index in [1.54, 1.807) is 4.68 Å². The van der Waals surface area contributed by atoms with Gasteiger partial charge in [-0.1, -0.05) is 33.8 Å². The maximum Gasteiger partial charge on any atom is 0.324 e. The molecule has 0 bridgehead atoms. The van der Waals surface area contributed by atoms with Gasteiger partial charge in [-0.05, 0) is 44.0 Å². The SMILES string of the molecule is Cc1ccc(NC(=O)Nc2cc(C(C)(C)C)nn2C2NC(=O)C(C)C(C)N2)cc1C. The zero-order valence-electron chi connectivity index (χ0n) is 18.8. The Kier molecular flexibility index (Phi) is 5.90. The fourth-order valence-corrected chi connectivity index (χ4v) is 3.21. The lowest BCUT2D eigenvalue weighted by atomic mass is 9.92. The van der Waals surface area contributed by atoms with Gasteiger partial charge in [0.25, 0.3) is 0 Å². The second kappa shape index (κ2) is 8.10. The lowest BCUT2D eigenvalue weighted by molar-refractivity contribution is -0.130. The lowest BCUT2D eigenvalue weighted by Crippen LogP contribution is -2.57. The summed E-state index contributed by atoms with van der Waals surface area (Å²) in [6, 6.07) is 7.21. The topological polar surface area (TPSA) is 100 Å². The van der Waals surface area contributed by atoms with Gasteiger partial charge < -0.3 is 10.6 Å². The smallest absolute Gasteiger partial charge is 0.322 e. The molecule has 8 heteroatoms. The summed E-state index contributed by atoms with van der Waals surface area (Å²) < 4.78 is 1.63. The van der Waals surface area contributed by atoms with Crippen molar-refractivity contribution in [2.75, 3.05) is 10.6 Å². The zero-order chi connectivity index (χ0) is 22.2. The van der Waals surface area contributed by atoms with Crippen LogP contribution in [0.2, 0.25) is 0 Å². The number of carbonyl (C=O) groups excluding carboxylic acids is 2. The van der Waals surface area contributed by atoms with Crippen molar-refractivity contribution in [1.29, 1.82) is 0 Å². The Bertz CT molecular complexity index is 959. The van der Waals surface area contributed by atoms with Gasteiger partial charge in [-0.25, -0.2) is 9.48 Å². The minimum absolute atomic E-state index is 0.0248. The van der Waals surface area contributed by atoms with Crippen molar-refractivity contribution in [3.8, 4) is 0 Å². The maximum atomic E-state index is 12.7. The number of benzene rings is 1. The third-order valence-electron chi connectivity index (χ3n) is 5.62. The summed E-state index contributed by atoms with van der Waals surface area (Å²) in [5.41, 5.74) is 3.57. The Labute approximate surface area is 177 Å². The number of hydrogen-bond acceptors (Lipinski definition) is 4. The van der Waals surface area contributed by atoms with Gasteiger partial charge in [0, 0.05) is 23.2 Å². The molecule has 1 aliphatic heterocycles. The van der Waals surface area contributed by atoms with Crippen LogP contribution in [0.3, 0.4) is 0 Å². The lowest BCUT2D eigenvalue weighted by Gasteiger charge is -2.34. The second-order valence-corrected chi connectivity index (χ2v) is 9.14. The average molecular weight is 413 g/mol. The molecular formula is C22H32N6O2. The van der Waals surface area contributed by atoms with Crippen molar-refractivity contribution in [2.45, 2.75) is 66.2 Å². The van der Waals surface area contributed by atoms with E-state index in [0.717, 1.165) is 16.8 Å². The number of nitrogens with one attached hydrogen (secondary N) is 4. The molecular weight excluding hydrogens is 380 g/mol. The van der Waals surface area contributed by atoms with Crippen LogP contribution < -0.4 is 21.3 Å². The van der Waals surface area contributed by atoms with E-state index >= 15 is 0 Å². The van der Waals surface area contributed by atoms with Crippen molar-refractivity contribution in [3.63, 3.8) is 0 Å². The van der Waals surface area contributed by atoms with E-state index in [1.165, 1.54) is 0 Å². The first-order valence-electron chi connectivity index (χ1n) is 10.3. The molecule has 1 fully saturated rings. The summed E-state index contributed by atoms with van der Waals surface area (Å²) in [6.45, 7) is 14.0. The molecule has 0 spiro atoms. The molecule has 3 rings (SSSR count). The summed E-state index contributed by atoms with van der Waals surface area (Å²) in [4.78, 5) is 25.0. The van der Waals surface area contributed by atoms with E-state index in [9.17, 15) is 9.59 Å². The number of rotatable bonds is 3. The molecule has 3 atom stereocenters. The molecule has 2 heterocycles. The highest BCUT2D eigenvalue weighted by Gasteiger charge is 2.33. The maximum absolute atomic E-state index is 12.7. The highest BCUT2D eigenvalue weighted by Crippen LogP contribution is 2.27. The fourth-order valence-electron chi connectivity index (χ4n) is 3.21. The van der Waals surface area contributed by atoms with Crippen LogP contribution >= 0.6 is 0 Å². The summed E-state index contributed by atoms with van der Waals surface area (Å²) in [6.07, 6.45) is -0.545. The van der Waals surface area contributed by atoms with Gasteiger partial charge in [0.2, 0.25) is 5.91 Å². The minimum atomic E-state index is -0.545. The third-order valence-corrected chi connectivity index (χ3v) is 5.62. The third kappa shape index (κ3) is 4.64. The Morgan fingerprint density at radius 2 is 1.80 bits per heavy atom. The molecule has 1 aliphatic rings. The molecule has 3 unspecified atom stereocenters. The van der Waals surface area contributed by atoms with Crippen molar-refractivity contribution in [1.82, 2.24) is 20.4 Å². The first-order valence-corrected chi connectivity index (χ1v) is 10.3. The number of urea groups is 1. The Hall–Kier alpha value is -2.87. The number of aryl methyl sites for hydroxylation is 2. The summed E-state index contributed by atoms with van der Waals surface area (Å²) in [5.74, 6) is 0.300. The Balaban J connectivity index is 1.85. The van der Waals surface area contributed by atoms with Crippen LogP contribution in [0.1, 0.15) is 57.7 Å². The molecule has 0 saturated carbocycles. The van der Waals surface area contributed by atoms with Gasteiger partial charge in [0.05, 0.1) is 11.6 Å². The van der Waals surface area contributed by atoms with Gasteiger partial charge in [0.1, 0.15) is 5.82 Å². The summed E-state index contributed by atoms with van der Waals surface area (Å²) in [7, 11) is 0. The van der Waals surface area contributed by atoms with Crippen LogP contribution in [-0.4, -0.2) is 27.8 Å². The predicted molar refractivity (Wildman–Crippen MR) is 118 cm³/mol. The minimum Gasteiger partial charge on any atom is -0.322 e. The zero-order valence-corrected chi connectivity index (χ0v) is 18.8. The number of hydrogen-bond donors (Lipinski definition) is 4. The molecule has 2 aromatic rings. The number of amides is 3. The largest absolute Gasteiger partial charge is 0.324 e. The van der Waals surface area contributed by atoms with Gasteiger partial charge in [-0.3, -0.25) is 15.4 Å².